The fraction of sp³-hybridized carbons (Fsp3) is 0.190. The van der Waals surface area contributed by atoms with Crippen LogP contribution in [-0.4, -0.2) is 39.3 Å². The Balaban J connectivity index is 1.73. The van der Waals surface area contributed by atoms with Crippen LogP contribution in [0.4, 0.5) is 5.69 Å². The quantitative estimate of drug-likeness (QED) is 0.666. The van der Waals surface area contributed by atoms with Gasteiger partial charge in [0, 0.05) is 20.6 Å². The fourth-order valence-electron chi connectivity index (χ4n) is 2.83. The van der Waals surface area contributed by atoms with Gasteiger partial charge < -0.3 is 5.32 Å². The highest BCUT2D eigenvalue weighted by Gasteiger charge is 2.27. The molecular weight excluding hydrogens is 374 g/mol. The van der Waals surface area contributed by atoms with E-state index in [-0.39, 0.29) is 12.5 Å². The zero-order valence-corrected chi connectivity index (χ0v) is 16.7. The number of rotatable bonds is 7. The molecule has 3 aromatic rings. The molecule has 0 aliphatic heterocycles. The molecular formula is C21H23N3O3S. The first-order valence-electron chi connectivity index (χ1n) is 8.87. The molecule has 1 N–H and O–H groups in total. The number of carbonyl (C=O) groups is 1. The van der Waals surface area contributed by atoms with Crippen molar-refractivity contribution in [1.82, 2.24) is 9.62 Å². The van der Waals surface area contributed by atoms with Crippen molar-refractivity contribution in [3.8, 4) is 0 Å². The Morgan fingerprint density at radius 2 is 1.54 bits per heavy atom. The Labute approximate surface area is 165 Å². The molecule has 0 spiro atoms. The molecule has 0 aromatic heterocycles. The summed E-state index contributed by atoms with van der Waals surface area (Å²) in [4.78, 5) is 12.5. The van der Waals surface area contributed by atoms with E-state index < -0.39 is 10.2 Å². The van der Waals surface area contributed by atoms with Crippen LogP contribution in [-0.2, 0) is 21.5 Å². The minimum atomic E-state index is -3.79. The molecule has 0 saturated heterocycles. The van der Waals surface area contributed by atoms with Crippen LogP contribution in [0.25, 0.3) is 10.8 Å². The molecule has 0 unspecified atom stereocenters. The molecule has 0 bridgehead atoms. The van der Waals surface area contributed by atoms with E-state index in [4.69, 9.17) is 0 Å². The number of nitrogens with zero attached hydrogens (tertiary/aromatic N) is 2. The Hall–Kier alpha value is -2.90. The van der Waals surface area contributed by atoms with Crippen LogP contribution in [0.3, 0.4) is 0 Å². The summed E-state index contributed by atoms with van der Waals surface area (Å²) < 4.78 is 27.5. The molecule has 146 valence electrons. The Kier molecular flexibility index (Phi) is 5.96. The molecule has 28 heavy (non-hydrogen) atoms. The van der Waals surface area contributed by atoms with E-state index >= 15 is 0 Å². The molecule has 3 aromatic carbocycles. The maximum atomic E-state index is 12.7. The SMILES string of the molecule is CN(C)S(=O)(=O)N(CC(=O)NCc1ccc2ccccc2c1)c1ccccc1. The van der Waals surface area contributed by atoms with Gasteiger partial charge in [-0.25, -0.2) is 4.31 Å². The van der Waals surface area contributed by atoms with Crippen molar-refractivity contribution in [2.75, 3.05) is 24.9 Å². The van der Waals surface area contributed by atoms with Crippen molar-refractivity contribution in [2.45, 2.75) is 6.54 Å². The fourth-order valence-corrected chi connectivity index (χ4v) is 3.90. The number of nitrogens with one attached hydrogen (secondary N) is 1. The van der Waals surface area contributed by atoms with Crippen LogP contribution >= 0.6 is 0 Å². The van der Waals surface area contributed by atoms with Crippen LogP contribution < -0.4 is 9.62 Å². The normalized spacial score (nSPS) is 11.5. The van der Waals surface area contributed by atoms with E-state index in [0.29, 0.717) is 12.2 Å². The first-order chi connectivity index (χ1) is 13.4. The molecule has 0 radical (unpaired) electrons. The van der Waals surface area contributed by atoms with Crippen molar-refractivity contribution in [1.29, 1.82) is 0 Å². The third-order valence-electron chi connectivity index (χ3n) is 4.37. The highest BCUT2D eigenvalue weighted by Crippen LogP contribution is 2.19. The number of fused-ring (bicyclic) bond motifs is 1. The molecule has 0 saturated carbocycles. The topological polar surface area (TPSA) is 69.7 Å². The number of benzene rings is 3. The summed E-state index contributed by atoms with van der Waals surface area (Å²) in [5, 5.41) is 5.03. The van der Waals surface area contributed by atoms with Gasteiger partial charge in [0.15, 0.2) is 0 Å². The van der Waals surface area contributed by atoms with E-state index in [0.717, 1.165) is 24.9 Å². The molecule has 6 nitrogen and oxygen atoms in total. The van der Waals surface area contributed by atoms with Gasteiger partial charge in [-0.3, -0.25) is 4.79 Å². The molecule has 0 aliphatic rings. The predicted molar refractivity (Wildman–Crippen MR) is 112 cm³/mol. The largest absolute Gasteiger partial charge is 0.350 e. The number of carbonyl (C=O) groups excluding carboxylic acids is 1. The standard InChI is InChI=1S/C21H23N3O3S/c1-23(2)28(26,27)24(20-10-4-3-5-11-20)16-21(25)22-15-17-12-13-18-8-6-7-9-19(18)14-17/h3-14H,15-16H2,1-2H3,(H,22,25). The first-order valence-corrected chi connectivity index (χ1v) is 10.3. The van der Waals surface area contributed by atoms with Crippen LogP contribution in [0, 0.1) is 0 Å². The second kappa shape index (κ2) is 8.41. The van der Waals surface area contributed by atoms with Crippen molar-refractivity contribution < 1.29 is 13.2 Å². The average Bonchev–Trinajstić information content (AvgIpc) is 2.70. The van der Waals surface area contributed by atoms with E-state index in [1.165, 1.54) is 14.1 Å². The number of anilines is 1. The van der Waals surface area contributed by atoms with Gasteiger partial charge in [-0.05, 0) is 34.5 Å². The highest BCUT2D eigenvalue weighted by atomic mass is 32.2. The lowest BCUT2D eigenvalue weighted by Crippen LogP contribution is -2.45. The summed E-state index contributed by atoms with van der Waals surface area (Å²) >= 11 is 0. The number of hydrogen-bond acceptors (Lipinski definition) is 3. The Bertz CT molecular complexity index is 1070. The van der Waals surface area contributed by atoms with Gasteiger partial charge in [-0.1, -0.05) is 54.6 Å². The van der Waals surface area contributed by atoms with Gasteiger partial charge in [0.25, 0.3) is 0 Å². The minimum Gasteiger partial charge on any atom is -0.350 e. The van der Waals surface area contributed by atoms with Gasteiger partial charge >= 0.3 is 10.2 Å². The molecule has 0 aliphatic carbocycles. The van der Waals surface area contributed by atoms with Crippen molar-refractivity contribution in [3.05, 3.63) is 78.4 Å². The Morgan fingerprint density at radius 3 is 2.21 bits per heavy atom. The summed E-state index contributed by atoms with van der Waals surface area (Å²) in [6.45, 7) is 0.0341. The van der Waals surface area contributed by atoms with Gasteiger partial charge in [0.1, 0.15) is 6.54 Å². The van der Waals surface area contributed by atoms with Crippen LogP contribution in [0.5, 0.6) is 0 Å². The average molecular weight is 398 g/mol. The van der Waals surface area contributed by atoms with Gasteiger partial charge in [0.05, 0.1) is 5.69 Å². The lowest BCUT2D eigenvalue weighted by molar-refractivity contribution is -0.119. The minimum absolute atomic E-state index is 0.294. The third-order valence-corrected chi connectivity index (χ3v) is 6.19. The molecule has 3 rings (SSSR count). The number of para-hydroxylation sites is 1. The summed E-state index contributed by atoms with van der Waals surface area (Å²) in [5.74, 6) is -0.373. The summed E-state index contributed by atoms with van der Waals surface area (Å²) in [6.07, 6.45) is 0. The summed E-state index contributed by atoms with van der Waals surface area (Å²) in [5.41, 5.74) is 1.39. The second-order valence-electron chi connectivity index (χ2n) is 6.59. The smallest absolute Gasteiger partial charge is 0.304 e. The van der Waals surface area contributed by atoms with Crippen LogP contribution in [0.15, 0.2) is 72.8 Å². The molecule has 0 atom stereocenters. The van der Waals surface area contributed by atoms with E-state index in [2.05, 4.69) is 5.32 Å². The van der Waals surface area contributed by atoms with Crippen molar-refractivity contribution >= 4 is 32.6 Å². The van der Waals surface area contributed by atoms with Crippen molar-refractivity contribution in [2.24, 2.45) is 0 Å². The van der Waals surface area contributed by atoms with E-state index in [9.17, 15) is 13.2 Å². The molecule has 7 heteroatoms. The lowest BCUT2D eigenvalue weighted by atomic mass is 10.1. The van der Waals surface area contributed by atoms with Gasteiger partial charge in [0.2, 0.25) is 5.91 Å². The lowest BCUT2D eigenvalue weighted by Gasteiger charge is -2.26. The third kappa shape index (κ3) is 4.49. The molecule has 1 amide bonds. The van der Waals surface area contributed by atoms with Crippen LogP contribution in [0.2, 0.25) is 0 Å². The van der Waals surface area contributed by atoms with Crippen LogP contribution in [0.1, 0.15) is 5.56 Å². The highest BCUT2D eigenvalue weighted by molar-refractivity contribution is 7.90. The second-order valence-corrected chi connectivity index (χ2v) is 8.66. The Morgan fingerprint density at radius 1 is 0.893 bits per heavy atom. The number of hydrogen-bond donors (Lipinski definition) is 1. The zero-order valence-electron chi connectivity index (χ0n) is 15.9. The van der Waals surface area contributed by atoms with Gasteiger partial charge in [-0.2, -0.15) is 12.7 Å². The predicted octanol–water partition coefficient (Wildman–Crippen LogP) is 2.77. The summed E-state index contributed by atoms with van der Waals surface area (Å²) in [6, 6.07) is 22.6. The zero-order chi connectivity index (χ0) is 20.1. The monoisotopic (exact) mass is 397 g/mol. The van der Waals surface area contributed by atoms with E-state index in [1.807, 2.05) is 42.5 Å². The molecule has 0 fully saturated rings. The summed E-state index contributed by atoms with van der Waals surface area (Å²) in [7, 11) is -0.908. The molecule has 0 heterocycles. The number of amides is 1. The van der Waals surface area contributed by atoms with Gasteiger partial charge in [-0.15, -0.1) is 0 Å². The maximum absolute atomic E-state index is 12.7. The maximum Gasteiger partial charge on any atom is 0.304 e. The first kappa shape index (κ1) is 19.9. The van der Waals surface area contributed by atoms with Crippen molar-refractivity contribution in [3.63, 3.8) is 0 Å². The van der Waals surface area contributed by atoms with E-state index in [1.54, 1.807) is 30.3 Å².